The molecule has 0 unspecified atom stereocenters. The van der Waals surface area contributed by atoms with Gasteiger partial charge in [-0.05, 0) is 10.9 Å². The second kappa shape index (κ2) is 14.2. The number of alkyl halides is 1. The predicted molar refractivity (Wildman–Crippen MR) is 64.2 cm³/mol. The summed E-state index contributed by atoms with van der Waals surface area (Å²) < 4.78 is 0. The standard InChI is InChI=1S/C8H18ClO2S2.ClH/c9-1-4-12-5-8-13(6-2-10)7-3-11;/h10-11H,1-8H2;1H/q+1;/p-1. The Morgan fingerprint density at radius 1 is 1.00 bits per heavy atom. The minimum absolute atomic E-state index is 0. The van der Waals surface area contributed by atoms with Crippen molar-refractivity contribution in [2.45, 2.75) is 0 Å². The Morgan fingerprint density at radius 3 is 2.00 bits per heavy atom. The third-order valence-electron chi connectivity index (χ3n) is 1.50. The van der Waals surface area contributed by atoms with Gasteiger partial charge in [0.1, 0.15) is 17.3 Å². The number of hydrogen-bond acceptors (Lipinski definition) is 3. The summed E-state index contributed by atoms with van der Waals surface area (Å²) in [5, 5.41) is 17.5. The summed E-state index contributed by atoms with van der Waals surface area (Å²) in [6, 6.07) is 0. The molecule has 0 aliphatic heterocycles. The van der Waals surface area contributed by atoms with Crippen LogP contribution in [0.2, 0.25) is 0 Å². The van der Waals surface area contributed by atoms with Gasteiger partial charge in [0, 0.05) is 17.4 Å². The lowest BCUT2D eigenvalue weighted by atomic mass is 10.9. The van der Waals surface area contributed by atoms with E-state index in [4.69, 9.17) is 21.8 Å². The molecule has 0 radical (unpaired) electrons. The lowest BCUT2D eigenvalue weighted by Gasteiger charge is -2.05. The van der Waals surface area contributed by atoms with E-state index in [9.17, 15) is 0 Å². The Labute approximate surface area is 105 Å². The fraction of sp³-hybridized carbons (Fsp3) is 1.00. The van der Waals surface area contributed by atoms with Gasteiger partial charge in [0.15, 0.2) is 0 Å². The van der Waals surface area contributed by atoms with Crippen molar-refractivity contribution in [3.63, 3.8) is 0 Å². The van der Waals surface area contributed by atoms with Crippen molar-refractivity contribution in [2.75, 3.05) is 47.9 Å². The molecule has 0 atom stereocenters. The first-order chi connectivity index (χ1) is 6.35. The third-order valence-corrected chi connectivity index (χ3v) is 5.46. The van der Waals surface area contributed by atoms with Crippen molar-refractivity contribution in [3.05, 3.63) is 0 Å². The normalized spacial score (nSPS) is 10.3. The van der Waals surface area contributed by atoms with Crippen molar-refractivity contribution in [1.82, 2.24) is 0 Å². The van der Waals surface area contributed by atoms with Gasteiger partial charge in [-0.2, -0.15) is 11.8 Å². The van der Waals surface area contributed by atoms with Gasteiger partial charge in [-0.1, -0.05) is 0 Å². The van der Waals surface area contributed by atoms with E-state index in [0.29, 0.717) is 5.88 Å². The number of aliphatic hydroxyl groups excluding tert-OH is 2. The molecular formula is C8H18Cl2O2S2. The zero-order valence-electron chi connectivity index (χ0n) is 8.12. The van der Waals surface area contributed by atoms with E-state index in [2.05, 4.69) is 0 Å². The molecule has 14 heavy (non-hydrogen) atoms. The smallest absolute Gasteiger partial charge is 0.131 e. The lowest BCUT2D eigenvalue weighted by Crippen LogP contribution is -3.00. The molecule has 0 bridgehead atoms. The zero-order chi connectivity index (χ0) is 9.94. The number of halogens is 2. The maximum Gasteiger partial charge on any atom is 0.131 e. The SMILES string of the molecule is OCC[S+](CCO)CCSCCCl.[Cl-]. The molecule has 0 aliphatic carbocycles. The quantitative estimate of drug-likeness (QED) is 0.280. The van der Waals surface area contributed by atoms with Crippen LogP contribution in [0.4, 0.5) is 0 Å². The van der Waals surface area contributed by atoms with Gasteiger partial charge in [0.05, 0.1) is 13.2 Å². The van der Waals surface area contributed by atoms with Crippen LogP contribution in [-0.4, -0.2) is 58.1 Å². The summed E-state index contributed by atoms with van der Waals surface area (Å²) >= 11 is 7.39. The highest BCUT2D eigenvalue weighted by atomic mass is 35.5. The summed E-state index contributed by atoms with van der Waals surface area (Å²) in [5.74, 6) is 5.57. The maximum absolute atomic E-state index is 8.76. The summed E-state index contributed by atoms with van der Waals surface area (Å²) in [6.07, 6.45) is 0. The highest BCUT2D eigenvalue weighted by Gasteiger charge is 2.15. The van der Waals surface area contributed by atoms with E-state index in [0.717, 1.165) is 28.8 Å². The number of aliphatic hydroxyl groups is 2. The minimum atomic E-state index is 0. The number of rotatable bonds is 9. The Hall–Kier alpha value is 1.20. The largest absolute Gasteiger partial charge is 1.00 e. The Bertz CT molecular complexity index is 103. The minimum Gasteiger partial charge on any atom is -1.00 e. The van der Waals surface area contributed by atoms with E-state index in [1.807, 2.05) is 11.8 Å². The van der Waals surface area contributed by atoms with E-state index < -0.39 is 0 Å². The molecule has 0 rings (SSSR count). The molecule has 88 valence electrons. The molecule has 0 amide bonds. The molecule has 0 fully saturated rings. The van der Waals surface area contributed by atoms with Crippen molar-refractivity contribution >= 4 is 34.3 Å². The van der Waals surface area contributed by atoms with Crippen LogP contribution in [0, 0.1) is 0 Å². The van der Waals surface area contributed by atoms with E-state index in [1.165, 1.54) is 0 Å². The molecule has 6 heteroatoms. The van der Waals surface area contributed by atoms with Gasteiger partial charge in [-0.25, -0.2) is 0 Å². The molecule has 0 aliphatic rings. The van der Waals surface area contributed by atoms with Crippen LogP contribution in [0.1, 0.15) is 0 Å². The van der Waals surface area contributed by atoms with Crippen LogP contribution < -0.4 is 12.4 Å². The molecule has 0 aromatic carbocycles. The molecule has 0 spiro atoms. The van der Waals surface area contributed by atoms with Crippen LogP contribution in [-0.2, 0) is 10.9 Å². The van der Waals surface area contributed by atoms with Gasteiger partial charge in [0.2, 0.25) is 0 Å². The molecule has 2 N–H and O–H groups in total. The first kappa shape index (κ1) is 17.6. The summed E-state index contributed by atoms with van der Waals surface area (Å²) in [5.41, 5.74) is 0. The second-order valence-corrected chi connectivity index (χ2v) is 6.53. The fourth-order valence-electron chi connectivity index (χ4n) is 0.898. The van der Waals surface area contributed by atoms with Crippen LogP contribution in [0.3, 0.4) is 0 Å². The molecule has 0 aromatic heterocycles. The van der Waals surface area contributed by atoms with Gasteiger partial charge >= 0.3 is 0 Å². The van der Waals surface area contributed by atoms with Crippen LogP contribution in [0.25, 0.3) is 0 Å². The predicted octanol–water partition coefficient (Wildman–Crippen LogP) is -2.43. The molecular weight excluding hydrogens is 263 g/mol. The van der Waals surface area contributed by atoms with Crippen LogP contribution in [0.15, 0.2) is 0 Å². The highest BCUT2D eigenvalue weighted by molar-refractivity contribution is 8.01. The molecule has 0 heterocycles. The topological polar surface area (TPSA) is 40.5 Å². The highest BCUT2D eigenvalue weighted by Crippen LogP contribution is 2.05. The molecule has 0 aromatic rings. The molecule has 0 saturated carbocycles. The van der Waals surface area contributed by atoms with E-state index in [-0.39, 0.29) is 36.5 Å². The zero-order valence-corrected chi connectivity index (χ0v) is 11.3. The monoisotopic (exact) mass is 280 g/mol. The third kappa shape index (κ3) is 11.3. The van der Waals surface area contributed by atoms with Gasteiger partial charge in [-0.3, -0.25) is 0 Å². The maximum atomic E-state index is 8.76. The van der Waals surface area contributed by atoms with Crippen LogP contribution >= 0.6 is 23.4 Å². The van der Waals surface area contributed by atoms with Crippen molar-refractivity contribution in [3.8, 4) is 0 Å². The number of hydrogen-bond donors (Lipinski definition) is 2. The first-order valence-electron chi connectivity index (χ1n) is 4.34. The molecule has 0 saturated heterocycles. The van der Waals surface area contributed by atoms with Crippen LogP contribution in [0.5, 0.6) is 0 Å². The Balaban J connectivity index is 0. The summed E-state index contributed by atoms with van der Waals surface area (Å²) in [6.45, 7) is 0.479. The van der Waals surface area contributed by atoms with Gasteiger partial charge in [-0.15, -0.1) is 11.6 Å². The van der Waals surface area contributed by atoms with Gasteiger partial charge < -0.3 is 22.6 Å². The summed E-state index contributed by atoms with van der Waals surface area (Å²) in [4.78, 5) is 0. The first-order valence-corrected chi connectivity index (χ1v) is 7.76. The fourth-order valence-corrected chi connectivity index (χ4v) is 4.08. The van der Waals surface area contributed by atoms with Crippen molar-refractivity contribution in [1.29, 1.82) is 0 Å². The number of thioether (sulfide) groups is 1. The average molecular weight is 281 g/mol. The average Bonchev–Trinajstić information content (AvgIpc) is 2.13. The van der Waals surface area contributed by atoms with Crippen molar-refractivity contribution in [2.24, 2.45) is 0 Å². The Morgan fingerprint density at radius 2 is 1.57 bits per heavy atom. The lowest BCUT2D eigenvalue weighted by molar-refractivity contribution is -0.00000492. The summed E-state index contributed by atoms with van der Waals surface area (Å²) in [7, 11) is 0.208. The van der Waals surface area contributed by atoms with Gasteiger partial charge in [0.25, 0.3) is 0 Å². The van der Waals surface area contributed by atoms with Crippen molar-refractivity contribution < 1.29 is 22.6 Å². The Kier molecular flexibility index (Phi) is 17.8. The van der Waals surface area contributed by atoms with E-state index >= 15 is 0 Å². The second-order valence-electron chi connectivity index (χ2n) is 2.47. The molecule has 2 nitrogen and oxygen atoms in total. The van der Waals surface area contributed by atoms with E-state index in [1.54, 1.807) is 0 Å².